The fourth-order valence-corrected chi connectivity index (χ4v) is 4.54. The number of aliphatic hydroxyl groups is 2. The van der Waals surface area contributed by atoms with Gasteiger partial charge in [0.05, 0.1) is 25.7 Å². The van der Waals surface area contributed by atoms with E-state index in [1.165, 1.54) is 43.3 Å². The number of rotatable bonds is 11. The van der Waals surface area contributed by atoms with Gasteiger partial charge >= 0.3 is 0 Å². The Labute approximate surface area is 200 Å². The maximum absolute atomic E-state index is 13.0. The summed E-state index contributed by atoms with van der Waals surface area (Å²) in [6.07, 6.45) is -1.85. The molecule has 0 aliphatic heterocycles. The number of benzene rings is 2. The SMILES string of the molecule is CC(=O)NC[C@H](O)COc1ccc(S(=O)(=O)c2cc(Cl)c(OC[C@H](O)CCl)c(Cl)c2)cc1. The van der Waals surface area contributed by atoms with E-state index in [9.17, 15) is 23.4 Å². The van der Waals surface area contributed by atoms with Crippen molar-refractivity contribution in [1.82, 2.24) is 5.32 Å². The zero-order valence-corrected chi connectivity index (χ0v) is 20.0. The summed E-state index contributed by atoms with van der Waals surface area (Å²) >= 11 is 17.8. The number of carbonyl (C=O) groups is 1. The van der Waals surface area contributed by atoms with E-state index in [0.29, 0.717) is 5.75 Å². The summed E-state index contributed by atoms with van der Waals surface area (Å²) in [7, 11) is -3.95. The van der Waals surface area contributed by atoms with E-state index in [1.54, 1.807) is 0 Å². The van der Waals surface area contributed by atoms with E-state index in [2.05, 4.69) is 5.32 Å². The number of hydrogen-bond donors (Lipinski definition) is 3. The van der Waals surface area contributed by atoms with Gasteiger partial charge in [-0.25, -0.2) is 8.42 Å². The van der Waals surface area contributed by atoms with Crippen LogP contribution in [-0.4, -0.2) is 62.4 Å². The molecule has 0 unspecified atom stereocenters. The normalized spacial score (nSPS) is 13.3. The standard InChI is InChI=1S/C20H22Cl3NO7S/c1-12(25)24-9-14(27)11-30-15-2-4-16(5-3-15)32(28,29)17-6-18(22)20(19(23)7-17)31-10-13(26)8-21/h2-7,13-14,26-27H,8-11H2,1H3,(H,24,25)/t13-,14+/m1/s1. The molecule has 0 aliphatic rings. The molecular weight excluding hydrogens is 505 g/mol. The van der Waals surface area contributed by atoms with Crippen LogP contribution >= 0.6 is 34.8 Å². The van der Waals surface area contributed by atoms with Gasteiger partial charge < -0.3 is 25.0 Å². The Kier molecular flexibility index (Phi) is 9.87. The summed E-state index contributed by atoms with van der Waals surface area (Å²) in [5, 5.41) is 21.6. The van der Waals surface area contributed by atoms with Crippen molar-refractivity contribution in [1.29, 1.82) is 0 Å². The molecule has 176 valence electrons. The minimum absolute atomic E-state index is 0.0259. The summed E-state index contributed by atoms with van der Waals surface area (Å²) in [6.45, 7) is 1.13. The van der Waals surface area contributed by atoms with Crippen molar-refractivity contribution in [3.63, 3.8) is 0 Å². The lowest BCUT2D eigenvalue weighted by Gasteiger charge is -2.14. The first kappa shape index (κ1) is 26.5. The highest BCUT2D eigenvalue weighted by atomic mass is 35.5. The fourth-order valence-electron chi connectivity index (χ4n) is 2.42. The smallest absolute Gasteiger partial charge is 0.216 e. The van der Waals surface area contributed by atoms with Crippen molar-refractivity contribution < 1.29 is 32.9 Å². The van der Waals surface area contributed by atoms with Crippen LogP contribution in [0.1, 0.15) is 6.92 Å². The monoisotopic (exact) mass is 525 g/mol. The molecule has 2 aromatic carbocycles. The Morgan fingerprint density at radius 1 is 1.00 bits per heavy atom. The van der Waals surface area contributed by atoms with Gasteiger partial charge in [-0.2, -0.15) is 0 Å². The third-order valence-electron chi connectivity index (χ3n) is 4.04. The minimum atomic E-state index is -3.95. The zero-order valence-electron chi connectivity index (χ0n) is 16.9. The van der Waals surface area contributed by atoms with Gasteiger partial charge in [-0.1, -0.05) is 23.2 Å². The lowest BCUT2D eigenvalue weighted by molar-refractivity contribution is -0.119. The van der Waals surface area contributed by atoms with Crippen LogP contribution < -0.4 is 14.8 Å². The summed E-state index contributed by atoms with van der Waals surface area (Å²) in [4.78, 5) is 10.7. The van der Waals surface area contributed by atoms with Crippen LogP contribution in [0, 0.1) is 0 Å². The molecule has 12 heteroatoms. The molecule has 0 aromatic heterocycles. The fraction of sp³-hybridized carbons (Fsp3) is 0.350. The maximum atomic E-state index is 13.0. The third kappa shape index (κ3) is 7.40. The molecule has 2 rings (SSSR count). The molecule has 0 saturated heterocycles. The second-order valence-electron chi connectivity index (χ2n) is 6.71. The van der Waals surface area contributed by atoms with E-state index in [1.807, 2.05) is 0 Å². The van der Waals surface area contributed by atoms with Crippen LogP contribution in [-0.2, 0) is 14.6 Å². The number of hydrogen-bond acceptors (Lipinski definition) is 7. The molecule has 8 nitrogen and oxygen atoms in total. The second kappa shape index (κ2) is 11.9. The Bertz CT molecular complexity index is 1010. The molecule has 0 heterocycles. The lowest BCUT2D eigenvalue weighted by Crippen LogP contribution is -2.33. The van der Waals surface area contributed by atoms with Gasteiger partial charge in [0.2, 0.25) is 15.7 Å². The molecular formula is C20H22Cl3NO7S. The maximum Gasteiger partial charge on any atom is 0.216 e. The summed E-state index contributed by atoms with van der Waals surface area (Å²) in [6, 6.07) is 7.96. The highest BCUT2D eigenvalue weighted by molar-refractivity contribution is 7.91. The van der Waals surface area contributed by atoms with Gasteiger partial charge in [0.1, 0.15) is 31.2 Å². The van der Waals surface area contributed by atoms with Crippen molar-refractivity contribution in [3.8, 4) is 11.5 Å². The molecule has 3 N–H and O–H groups in total. The minimum Gasteiger partial charge on any atom is -0.491 e. The Morgan fingerprint density at radius 2 is 1.56 bits per heavy atom. The highest BCUT2D eigenvalue weighted by Gasteiger charge is 2.22. The number of aliphatic hydroxyl groups excluding tert-OH is 2. The highest BCUT2D eigenvalue weighted by Crippen LogP contribution is 2.37. The number of nitrogens with one attached hydrogen (secondary N) is 1. The largest absolute Gasteiger partial charge is 0.491 e. The average molecular weight is 527 g/mol. The number of alkyl halides is 1. The van der Waals surface area contributed by atoms with Crippen molar-refractivity contribution in [2.45, 2.75) is 28.9 Å². The van der Waals surface area contributed by atoms with E-state index in [4.69, 9.17) is 44.3 Å². The molecule has 0 spiro atoms. The van der Waals surface area contributed by atoms with E-state index in [-0.39, 0.29) is 57.1 Å². The molecule has 32 heavy (non-hydrogen) atoms. The summed E-state index contributed by atoms with van der Waals surface area (Å²) in [5.74, 6) is 0.0585. The molecule has 2 atom stereocenters. The predicted octanol–water partition coefficient (Wildman–Crippen LogP) is 2.68. The predicted molar refractivity (Wildman–Crippen MR) is 121 cm³/mol. The first-order valence-electron chi connectivity index (χ1n) is 9.31. The van der Waals surface area contributed by atoms with E-state index < -0.39 is 22.0 Å². The van der Waals surface area contributed by atoms with Crippen LogP contribution in [0.4, 0.5) is 0 Å². The Morgan fingerprint density at radius 3 is 2.09 bits per heavy atom. The molecule has 0 aliphatic carbocycles. The van der Waals surface area contributed by atoms with Gasteiger partial charge in [-0.15, -0.1) is 11.6 Å². The topological polar surface area (TPSA) is 122 Å². The van der Waals surface area contributed by atoms with Gasteiger partial charge in [-0.3, -0.25) is 4.79 Å². The van der Waals surface area contributed by atoms with Crippen LogP contribution in [0.25, 0.3) is 0 Å². The zero-order chi connectivity index (χ0) is 23.9. The first-order valence-corrected chi connectivity index (χ1v) is 12.1. The van der Waals surface area contributed by atoms with Gasteiger partial charge in [0.15, 0.2) is 5.75 Å². The molecule has 2 aromatic rings. The van der Waals surface area contributed by atoms with E-state index >= 15 is 0 Å². The van der Waals surface area contributed by atoms with Crippen LogP contribution in [0.5, 0.6) is 11.5 Å². The van der Waals surface area contributed by atoms with Crippen LogP contribution in [0.2, 0.25) is 10.0 Å². The average Bonchev–Trinajstić information content (AvgIpc) is 2.75. The summed E-state index contributed by atoms with van der Waals surface area (Å²) < 4.78 is 36.6. The molecule has 0 bridgehead atoms. The molecule has 1 amide bonds. The molecule has 0 radical (unpaired) electrons. The van der Waals surface area contributed by atoms with Gasteiger partial charge in [0, 0.05) is 13.5 Å². The second-order valence-corrected chi connectivity index (χ2v) is 9.78. The number of halogens is 3. The summed E-state index contributed by atoms with van der Waals surface area (Å²) in [5.41, 5.74) is 0. The number of ether oxygens (including phenoxy) is 2. The molecule has 0 fully saturated rings. The van der Waals surface area contributed by atoms with Crippen LogP contribution in [0.15, 0.2) is 46.2 Å². The van der Waals surface area contributed by atoms with Gasteiger partial charge in [-0.05, 0) is 36.4 Å². The van der Waals surface area contributed by atoms with E-state index in [0.717, 1.165) is 0 Å². The van der Waals surface area contributed by atoms with Gasteiger partial charge in [0.25, 0.3) is 0 Å². The van der Waals surface area contributed by atoms with Crippen molar-refractivity contribution in [3.05, 3.63) is 46.4 Å². The van der Waals surface area contributed by atoms with Crippen LogP contribution in [0.3, 0.4) is 0 Å². The lowest BCUT2D eigenvalue weighted by atomic mass is 10.3. The number of amides is 1. The number of sulfone groups is 1. The van der Waals surface area contributed by atoms with Crippen molar-refractivity contribution >= 4 is 50.5 Å². The van der Waals surface area contributed by atoms with Crippen molar-refractivity contribution in [2.75, 3.05) is 25.6 Å². The first-order chi connectivity index (χ1) is 15.0. The Hall–Kier alpha value is -1.75. The Balaban J connectivity index is 2.12. The quantitative estimate of drug-likeness (QED) is 0.385. The third-order valence-corrected chi connectivity index (χ3v) is 6.71. The number of carbonyl (C=O) groups excluding carboxylic acids is 1. The van der Waals surface area contributed by atoms with Crippen molar-refractivity contribution in [2.24, 2.45) is 0 Å². The molecule has 0 saturated carbocycles.